The van der Waals surface area contributed by atoms with Gasteiger partial charge >= 0.3 is 0 Å². The average Bonchev–Trinajstić information content (AvgIpc) is 3.22. The van der Waals surface area contributed by atoms with Crippen molar-refractivity contribution < 1.29 is 9.53 Å². The van der Waals surface area contributed by atoms with Gasteiger partial charge in [0.15, 0.2) is 0 Å². The van der Waals surface area contributed by atoms with Crippen molar-refractivity contribution in [1.82, 2.24) is 25.0 Å². The van der Waals surface area contributed by atoms with E-state index in [4.69, 9.17) is 4.74 Å². The van der Waals surface area contributed by atoms with Crippen LogP contribution in [0.15, 0.2) is 12.7 Å². The third-order valence-electron chi connectivity index (χ3n) is 8.55. The maximum absolute atomic E-state index is 12.6. The molecule has 1 unspecified atom stereocenters. The van der Waals surface area contributed by atoms with E-state index in [-0.39, 0.29) is 23.6 Å². The van der Waals surface area contributed by atoms with Gasteiger partial charge in [0.25, 0.3) is 0 Å². The molecule has 7 nitrogen and oxygen atoms in total. The zero-order valence-electron chi connectivity index (χ0n) is 17.3. The first-order chi connectivity index (χ1) is 14.1. The predicted molar refractivity (Wildman–Crippen MR) is 107 cm³/mol. The highest BCUT2D eigenvalue weighted by atomic mass is 16.5. The molecule has 0 bridgehead atoms. The Kier molecular flexibility index (Phi) is 4.28. The summed E-state index contributed by atoms with van der Waals surface area (Å²) in [6, 6.07) is 0.638. The zero-order valence-corrected chi connectivity index (χ0v) is 17.3. The van der Waals surface area contributed by atoms with Crippen LogP contribution in [-0.4, -0.2) is 63.0 Å². The molecule has 1 aromatic rings. The third-order valence-corrected chi connectivity index (χ3v) is 8.55. The topological polar surface area (TPSA) is 72.3 Å². The minimum absolute atomic E-state index is 0.0439. The molecule has 2 spiro atoms. The molecule has 29 heavy (non-hydrogen) atoms. The van der Waals surface area contributed by atoms with E-state index in [0.717, 1.165) is 37.3 Å². The van der Waals surface area contributed by atoms with Crippen molar-refractivity contribution in [2.24, 2.45) is 11.3 Å². The van der Waals surface area contributed by atoms with Gasteiger partial charge < -0.3 is 10.1 Å². The quantitative estimate of drug-likeness (QED) is 0.795. The van der Waals surface area contributed by atoms with Crippen molar-refractivity contribution in [3.05, 3.63) is 12.7 Å². The highest BCUT2D eigenvalue weighted by Crippen LogP contribution is 2.63. The number of carbonyl (C=O) groups is 1. The summed E-state index contributed by atoms with van der Waals surface area (Å²) < 4.78 is 8.11. The summed E-state index contributed by atoms with van der Waals surface area (Å²) in [4.78, 5) is 19.3. The van der Waals surface area contributed by atoms with Crippen LogP contribution < -0.4 is 5.32 Å². The largest absolute Gasteiger partial charge is 0.374 e. The fourth-order valence-electron chi connectivity index (χ4n) is 6.31. The van der Waals surface area contributed by atoms with Gasteiger partial charge in [-0.1, -0.05) is 0 Å². The maximum Gasteiger partial charge on any atom is 0.222 e. The van der Waals surface area contributed by atoms with E-state index in [0.29, 0.717) is 12.5 Å². The number of morpholine rings is 1. The Labute approximate surface area is 172 Å². The van der Waals surface area contributed by atoms with Crippen LogP contribution in [0.5, 0.6) is 0 Å². The Morgan fingerprint density at radius 3 is 2.69 bits per heavy atom. The molecule has 5 aliphatic rings. The lowest BCUT2D eigenvalue weighted by Crippen LogP contribution is -2.64. The van der Waals surface area contributed by atoms with E-state index in [1.807, 2.05) is 4.68 Å². The first kappa shape index (κ1) is 18.3. The Morgan fingerprint density at radius 1 is 1.21 bits per heavy atom. The summed E-state index contributed by atoms with van der Waals surface area (Å²) in [7, 11) is 0. The van der Waals surface area contributed by atoms with Crippen molar-refractivity contribution in [2.45, 2.75) is 87.9 Å². The number of ether oxygens (including phenoxy) is 1. The second-order valence-electron chi connectivity index (χ2n) is 10.7. The molecule has 1 amide bonds. The van der Waals surface area contributed by atoms with E-state index < -0.39 is 0 Å². The number of aromatic nitrogens is 3. The SMILES string of the molecule is O=C(CC1CN(CC2CC3(CC3)C2)C2(CCC2)CO1)NC1CC(n2cncn2)C1. The Balaban J connectivity index is 0.987. The van der Waals surface area contributed by atoms with Gasteiger partial charge in [0.1, 0.15) is 12.7 Å². The number of nitrogens with one attached hydrogen (secondary N) is 1. The van der Waals surface area contributed by atoms with Gasteiger partial charge in [-0.25, -0.2) is 9.67 Å². The predicted octanol–water partition coefficient (Wildman–Crippen LogP) is 2.30. The smallest absolute Gasteiger partial charge is 0.222 e. The van der Waals surface area contributed by atoms with Crippen LogP contribution in [0, 0.1) is 11.3 Å². The van der Waals surface area contributed by atoms with Crippen LogP contribution in [0.3, 0.4) is 0 Å². The molecule has 0 aromatic carbocycles. The summed E-state index contributed by atoms with van der Waals surface area (Å²) in [6.45, 7) is 2.98. The van der Waals surface area contributed by atoms with Crippen molar-refractivity contribution in [3.8, 4) is 0 Å². The number of rotatable bonds is 6. The summed E-state index contributed by atoms with van der Waals surface area (Å²) in [5, 5.41) is 7.40. The van der Waals surface area contributed by atoms with Crippen LogP contribution in [-0.2, 0) is 9.53 Å². The molecule has 158 valence electrons. The van der Waals surface area contributed by atoms with Crippen LogP contribution in [0.4, 0.5) is 0 Å². The van der Waals surface area contributed by atoms with Crippen molar-refractivity contribution in [2.75, 3.05) is 19.7 Å². The van der Waals surface area contributed by atoms with E-state index in [1.54, 1.807) is 12.7 Å². The lowest BCUT2D eigenvalue weighted by Gasteiger charge is -2.56. The van der Waals surface area contributed by atoms with Crippen LogP contribution in [0.2, 0.25) is 0 Å². The molecule has 0 radical (unpaired) electrons. The lowest BCUT2D eigenvalue weighted by atomic mass is 9.69. The second kappa shape index (κ2) is 6.77. The van der Waals surface area contributed by atoms with E-state index in [2.05, 4.69) is 20.3 Å². The van der Waals surface area contributed by atoms with Gasteiger partial charge in [-0.2, -0.15) is 5.10 Å². The average molecular weight is 400 g/mol. The minimum Gasteiger partial charge on any atom is -0.374 e. The molecular weight excluding hydrogens is 366 g/mol. The van der Waals surface area contributed by atoms with Gasteiger partial charge in [-0.05, 0) is 69.1 Å². The lowest BCUT2D eigenvalue weighted by molar-refractivity contribution is -0.158. The highest BCUT2D eigenvalue weighted by molar-refractivity contribution is 5.77. The van der Waals surface area contributed by atoms with Crippen LogP contribution >= 0.6 is 0 Å². The summed E-state index contributed by atoms with van der Waals surface area (Å²) in [5.41, 5.74) is 1.06. The summed E-state index contributed by atoms with van der Waals surface area (Å²) >= 11 is 0. The second-order valence-corrected chi connectivity index (χ2v) is 10.7. The van der Waals surface area contributed by atoms with E-state index in [9.17, 15) is 4.79 Å². The molecule has 1 aliphatic heterocycles. The van der Waals surface area contributed by atoms with E-state index in [1.165, 1.54) is 51.5 Å². The van der Waals surface area contributed by atoms with Gasteiger partial charge in [0.2, 0.25) is 5.91 Å². The standard InChI is InChI=1S/C22H33N5O2/c28-20(25-17-6-18(7-17)27-15-23-14-24-27)8-19-12-26(22(13-29-19)2-1-3-22)11-16-9-21(10-16)4-5-21/h14-19H,1-13H2,(H,25,28). The number of hydrogen-bond donors (Lipinski definition) is 1. The van der Waals surface area contributed by atoms with Gasteiger partial charge in [-0.15, -0.1) is 0 Å². The monoisotopic (exact) mass is 399 g/mol. The fraction of sp³-hybridized carbons (Fsp3) is 0.864. The van der Waals surface area contributed by atoms with Crippen LogP contribution in [0.1, 0.15) is 70.3 Å². The van der Waals surface area contributed by atoms with Gasteiger partial charge in [0.05, 0.1) is 25.2 Å². The number of carbonyl (C=O) groups excluding carboxylic acids is 1. The minimum atomic E-state index is 0.0439. The highest BCUT2D eigenvalue weighted by Gasteiger charge is 2.55. The Hall–Kier alpha value is -1.47. The molecular formula is C22H33N5O2. The molecule has 1 atom stereocenters. The first-order valence-corrected chi connectivity index (χ1v) is 11.6. The molecule has 1 N–H and O–H groups in total. The summed E-state index contributed by atoms with van der Waals surface area (Å²) in [6.07, 6.45) is 15.5. The molecule has 4 saturated carbocycles. The maximum atomic E-state index is 12.6. The third kappa shape index (κ3) is 3.40. The van der Waals surface area contributed by atoms with Crippen LogP contribution in [0.25, 0.3) is 0 Å². The molecule has 7 heteroatoms. The van der Waals surface area contributed by atoms with Gasteiger partial charge in [0, 0.05) is 24.7 Å². The fourth-order valence-corrected chi connectivity index (χ4v) is 6.31. The Morgan fingerprint density at radius 2 is 2.03 bits per heavy atom. The summed E-state index contributed by atoms with van der Waals surface area (Å²) in [5.74, 6) is 1.02. The molecule has 1 saturated heterocycles. The zero-order chi connectivity index (χ0) is 19.5. The molecule has 4 aliphatic carbocycles. The normalized spacial score (nSPS) is 35.0. The number of nitrogens with zero attached hydrogens (tertiary/aromatic N) is 4. The molecule has 5 fully saturated rings. The number of amides is 1. The molecule has 2 heterocycles. The van der Waals surface area contributed by atoms with Gasteiger partial charge in [-0.3, -0.25) is 9.69 Å². The molecule has 6 rings (SSSR count). The first-order valence-electron chi connectivity index (χ1n) is 11.6. The number of hydrogen-bond acceptors (Lipinski definition) is 5. The van der Waals surface area contributed by atoms with Crippen molar-refractivity contribution in [3.63, 3.8) is 0 Å². The molecule has 1 aromatic heterocycles. The Bertz CT molecular complexity index is 743. The van der Waals surface area contributed by atoms with Crippen molar-refractivity contribution in [1.29, 1.82) is 0 Å². The van der Waals surface area contributed by atoms with E-state index >= 15 is 0 Å². The van der Waals surface area contributed by atoms with Crippen molar-refractivity contribution >= 4 is 5.91 Å².